The predicted molar refractivity (Wildman–Crippen MR) is 121 cm³/mol. The fraction of sp³-hybridized carbons (Fsp3) is 0.458. The van der Waals surface area contributed by atoms with Crippen LogP contribution in [0.15, 0.2) is 30.6 Å². The van der Waals surface area contributed by atoms with Crippen molar-refractivity contribution in [2.75, 3.05) is 5.32 Å². The number of hydrogen-bond donors (Lipinski definition) is 1. The van der Waals surface area contributed by atoms with Crippen LogP contribution in [0.4, 0.5) is 11.5 Å². The molecule has 1 aromatic carbocycles. The number of ether oxygens (including phenoxy) is 1. The summed E-state index contributed by atoms with van der Waals surface area (Å²) in [7, 11) is 0. The second kappa shape index (κ2) is 8.34. The van der Waals surface area contributed by atoms with Gasteiger partial charge in [-0.15, -0.1) is 11.3 Å². The molecule has 0 radical (unpaired) electrons. The largest absolute Gasteiger partial charge is 0.459 e. The van der Waals surface area contributed by atoms with E-state index in [1.165, 1.54) is 23.3 Å². The maximum absolute atomic E-state index is 12.4. The number of rotatable bonds is 4. The number of carbonyl (C=O) groups excluding carboxylic acids is 1. The number of aromatic nitrogens is 2. The first-order chi connectivity index (χ1) is 14.7. The van der Waals surface area contributed by atoms with Gasteiger partial charge < -0.3 is 10.1 Å². The maximum atomic E-state index is 12.4. The molecule has 0 amide bonds. The van der Waals surface area contributed by atoms with Crippen molar-refractivity contribution in [3.8, 4) is 0 Å². The van der Waals surface area contributed by atoms with Crippen LogP contribution in [0, 0.1) is 5.92 Å². The molecule has 2 aromatic heterocycles. The molecule has 5 rings (SSSR count). The second-order valence-corrected chi connectivity index (χ2v) is 9.71. The zero-order chi connectivity index (χ0) is 20.5. The summed E-state index contributed by atoms with van der Waals surface area (Å²) < 4.78 is 5.68. The highest BCUT2D eigenvalue weighted by molar-refractivity contribution is 7.19. The van der Waals surface area contributed by atoms with E-state index in [0.29, 0.717) is 5.56 Å². The van der Waals surface area contributed by atoms with Crippen LogP contribution >= 0.6 is 11.3 Å². The molecule has 0 aliphatic heterocycles. The van der Waals surface area contributed by atoms with E-state index in [1.807, 2.05) is 24.3 Å². The van der Waals surface area contributed by atoms with E-state index in [-0.39, 0.29) is 12.1 Å². The lowest BCUT2D eigenvalue weighted by Crippen LogP contribution is -2.20. The number of aryl methyl sites for hydroxylation is 1. The monoisotopic (exact) mass is 421 g/mol. The number of benzene rings is 1. The Balaban J connectivity index is 1.34. The molecular weight excluding hydrogens is 394 g/mol. The number of nitrogens with one attached hydrogen (secondary N) is 1. The Morgan fingerprint density at radius 3 is 2.70 bits per heavy atom. The lowest BCUT2D eigenvalue weighted by atomic mass is 9.89. The van der Waals surface area contributed by atoms with Gasteiger partial charge in [0.05, 0.1) is 10.9 Å². The van der Waals surface area contributed by atoms with E-state index >= 15 is 0 Å². The van der Waals surface area contributed by atoms with Crippen molar-refractivity contribution in [1.29, 1.82) is 0 Å². The average Bonchev–Trinajstić information content (AvgIpc) is 3.13. The number of anilines is 2. The third-order valence-electron chi connectivity index (χ3n) is 6.30. The summed E-state index contributed by atoms with van der Waals surface area (Å²) in [6.07, 6.45) is 10.7. The number of fused-ring (bicyclic) bond motifs is 3. The molecule has 1 N–H and O–H groups in total. The smallest absolute Gasteiger partial charge is 0.338 e. The van der Waals surface area contributed by atoms with Crippen LogP contribution in [0.5, 0.6) is 0 Å². The Kier molecular flexibility index (Phi) is 5.42. The van der Waals surface area contributed by atoms with Crippen molar-refractivity contribution < 1.29 is 9.53 Å². The zero-order valence-corrected chi connectivity index (χ0v) is 18.1. The third-order valence-corrected chi connectivity index (χ3v) is 7.46. The van der Waals surface area contributed by atoms with E-state index in [2.05, 4.69) is 22.2 Å². The Labute approximate surface area is 180 Å². The number of carbonyl (C=O) groups is 1. The molecule has 0 spiro atoms. The normalized spacial score (nSPS) is 19.4. The van der Waals surface area contributed by atoms with Gasteiger partial charge in [-0.25, -0.2) is 14.8 Å². The number of nitrogens with zero attached hydrogens (tertiary/aromatic N) is 2. The van der Waals surface area contributed by atoms with Crippen LogP contribution in [0.3, 0.4) is 0 Å². The van der Waals surface area contributed by atoms with Crippen LogP contribution in [0.1, 0.15) is 66.2 Å². The van der Waals surface area contributed by atoms with E-state index < -0.39 is 0 Å². The quantitative estimate of drug-likeness (QED) is 0.520. The summed E-state index contributed by atoms with van der Waals surface area (Å²) in [6, 6.07) is 7.51. The minimum absolute atomic E-state index is 0.0749. The molecule has 0 bridgehead atoms. The van der Waals surface area contributed by atoms with Gasteiger partial charge in [-0.2, -0.15) is 0 Å². The van der Waals surface area contributed by atoms with Gasteiger partial charge >= 0.3 is 5.97 Å². The molecular formula is C24H27N3O2S. The minimum Gasteiger partial charge on any atom is -0.459 e. The zero-order valence-electron chi connectivity index (χ0n) is 17.3. The van der Waals surface area contributed by atoms with Crippen LogP contribution in [-0.2, 0) is 17.6 Å². The SMILES string of the molecule is C[C@@H]1CCc2c(sc3ncnc(Nc4ccc(C(=O)OC5CCCCC5)cc4)c23)C1. The minimum atomic E-state index is -0.223. The first-order valence-electron chi connectivity index (χ1n) is 11.0. The summed E-state index contributed by atoms with van der Waals surface area (Å²) in [4.78, 5) is 24.0. The standard InChI is InChI=1S/C24H27N3O2S/c1-15-7-12-19-20(13-15)30-23-21(19)22(25-14-26-23)27-17-10-8-16(9-11-17)24(28)29-18-5-3-2-4-6-18/h8-11,14-15,18H,2-7,12-13H2,1H3,(H,25,26,27)/t15-/m1/s1. The van der Waals surface area contributed by atoms with Gasteiger partial charge in [0.25, 0.3) is 0 Å². The van der Waals surface area contributed by atoms with Crippen LogP contribution < -0.4 is 5.32 Å². The molecule has 1 fully saturated rings. The average molecular weight is 422 g/mol. The van der Waals surface area contributed by atoms with Gasteiger partial charge in [0.15, 0.2) is 0 Å². The lowest BCUT2D eigenvalue weighted by molar-refractivity contribution is 0.0211. The molecule has 2 aliphatic carbocycles. The van der Waals surface area contributed by atoms with E-state index in [9.17, 15) is 4.79 Å². The molecule has 30 heavy (non-hydrogen) atoms. The first kappa shape index (κ1) is 19.5. The lowest BCUT2D eigenvalue weighted by Gasteiger charge is -2.21. The van der Waals surface area contributed by atoms with Crippen LogP contribution in [-0.4, -0.2) is 22.0 Å². The van der Waals surface area contributed by atoms with Crippen molar-refractivity contribution in [3.05, 3.63) is 46.6 Å². The fourth-order valence-corrected chi connectivity index (χ4v) is 5.95. The molecule has 156 valence electrons. The Morgan fingerprint density at radius 1 is 1.10 bits per heavy atom. The summed E-state index contributed by atoms with van der Waals surface area (Å²) in [5.41, 5.74) is 2.91. The van der Waals surface area contributed by atoms with Crippen molar-refractivity contribution >= 4 is 39.0 Å². The predicted octanol–water partition coefficient (Wildman–Crippen LogP) is 6.05. The summed E-state index contributed by atoms with van der Waals surface area (Å²) >= 11 is 1.80. The molecule has 1 saturated carbocycles. The summed E-state index contributed by atoms with van der Waals surface area (Å²) in [5.74, 6) is 1.36. The number of thiophene rings is 1. The van der Waals surface area contributed by atoms with Gasteiger partial charge in [0.1, 0.15) is 23.1 Å². The Hall–Kier alpha value is -2.47. The fourth-order valence-electron chi connectivity index (χ4n) is 4.60. The van der Waals surface area contributed by atoms with Gasteiger partial charge in [-0.1, -0.05) is 13.3 Å². The molecule has 5 nitrogen and oxygen atoms in total. The van der Waals surface area contributed by atoms with Gasteiger partial charge in [-0.3, -0.25) is 0 Å². The van der Waals surface area contributed by atoms with Crippen molar-refractivity contribution in [3.63, 3.8) is 0 Å². The highest BCUT2D eigenvalue weighted by Gasteiger charge is 2.23. The summed E-state index contributed by atoms with van der Waals surface area (Å²) in [6.45, 7) is 2.32. The Morgan fingerprint density at radius 2 is 1.90 bits per heavy atom. The van der Waals surface area contributed by atoms with Gasteiger partial charge in [0.2, 0.25) is 0 Å². The second-order valence-electron chi connectivity index (χ2n) is 8.62. The molecule has 1 atom stereocenters. The van der Waals surface area contributed by atoms with Gasteiger partial charge in [-0.05, 0) is 80.7 Å². The van der Waals surface area contributed by atoms with Crippen molar-refractivity contribution in [2.24, 2.45) is 5.92 Å². The van der Waals surface area contributed by atoms with Crippen LogP contribution in [0.25, 0.3) is 10.2 Å². The Bertz CT molecular complexity index is 1050. The number of hydrogen-bond acceptors (Lipinski definition) is 6. The van der Waals surface area contributed by atoms with E-state index in [4.69, 9.17) is 4.74 Å². The number of esters is 1. The van der Waals surface area contributed by atoms with Gasteiger partial charge in [0, 0.05) is 10.6 Å². The topological polar surface area (TPSA) is 64.1 Å². The highest BCUT2D eigenvalue weighted by Crippen LogP contribution is 2.40. The molecule has 2 aliphatic rings. The maximum Gasteiger partial charge on any atom is 0.338 e. The van der Waals surface area contributed by atoms with E-state index in [1.54, 1.807) is 17.7 Å². The van der Waals surface area contributed by atoms with E-state index in [0.717, 1.165) is 66.2 Å². The molecule has 0 unspecified atom stereocenters. The molecule has 3 aromatic rings. The van der Waals surface area contributed by atoms with Crippen molar-refractivity contribution in [2.45, 2.75) is 64.4 Å². The van der Waals surface area contributed by atoms with Crippen molar-refractivity contribution in [1.82, 2.24) is 9.97 Å². The third kappa shape index (κ3) is 3.93. The summed E-state index contributed by atoms with van der Waals surface area (Å²) in [5, 5.41) is 4.60. The highest BCUT2D eigenvalue weighted by atomic mass is 32.1. The first-order valence-corrected chi connectivity index (χ1v) is 11.8. The molecule has 2 heterocycles. The molecule has 6 heteroatoms. The molecule has 0 saturated heterocycles. The van der Waals surface area contributed by atoms with Crippen LogP contribution in [0.2, 0.25) is 0 Å².